The van der Waals surface area contributed by atoms with E-state index >= 15 is 0 Å². The number of β-lactam (4-membered cyclic amide) rings is 1. The van der Waals surface area contributed by atoms with E-state index < -0.39 is 70.8 Å². The lowest BCUT2D eigenvalue weighted by molar-refractivity contribution is -0.164. The highest BCUT2D eigenvalue weighted by Crippen LogP contribution is 2.47. The second-order valence-corrected chi connectivity index (χ2v) is 17.7. The van der Waals surface area contributed by atoms with Crippen molar-refractivity contribution in [2.45, 2.75) is 48.3 Å². The van der Waals surface area contributed by atoms with Gasteiger partial charge in [0.2, 0.25) is 18.0 Å². The minimum Gasteiger partial charge on any atom is -0.448 e. The van der Waals surface area contributed by atoms with Gasteiger partial charge in [-0.05, 0) is 41.3 Å². The van der Waals surface area contributed by atoms with Gasteiger partial charge >= 0.3 is 35.8 Å². The van der Waals surface area contributed by atoms with Crippen LogP contribution < -0.4 is 25.4 Å². The molecule has 4 aromatic rings. The van der Waals surface area contributed by atoms with Crippen LogP contribution in [0.5, 0.6) is 11.5 Å². The lowest BCUT2D eigenvalue weighted by Crippen LogP contribution is -2.85. The number of ether oxygens (including phenoxy) is 3. The second kappa shape index (κ2) is 20.4. The zero-order valence-corrected chi connectivity index (χ0v) is 37.7. The number of piperazine rings is 1. The van der Waals surface area contributed by atoms with Crippen LogP contribution in [-0.4, -0.2) is 121 Å². The van der Waals surface area contributed by atoms with Gasteiger partial charge in [-0.2, -0.15) is 0 Å². The van der Waals surface area contributed by atoms with Crippen LogP contribution in [0.2, 0.25) is 0 Å². The van der Waals surface area contributed by atoms with Gasteiger partial charge in [-0.25, -0.2) is 9.59 Å². The van der Waals surface area contributed by atoms with Crippen molar-refractivity contribution in [2.24, 2.45) is 0 Å². The zero-order valence-electron chi connectivity index (χ0n) is 35.3. The van der Waals surface area contributed by atoms with Crippen molar-refractivity contribution in [1.29, 1.82) is 0 Å². The summed E-state index contributed by atoms with van der Waals surface area (Å²) in [6.45, 7) is 3.81. The number of thioether (sulfide) groups is 2. The van der Waals surface area contributed by atoms with Crippen molar-refractivity contribution < 1.29 is 57.4 Å². The molecule has 3 atom stereocenters. The number of hydrogen-bond acceptors (Lipinski definition) is 17. The first-order valence-corrected chi connectivity index (χ1v) is 23.0. The van der Waals surface area contributed by atoms with Crippen LogP contribution in [0.3, 0.4) is 0 Å². The zero-order chi connectivity index (χ0) is 47.1. The van der Waals surface area contributed by atoms with Gasteiger partial charge in [0.1, 0.15) is 22.6 Å². The fraction of sp³-hybridized carbons (Fsp3) is 0.279. The number of carbonyl (C=O) groups is 9. The standard InChI is InChI=1S/C43H40N8O12S3/c1-4-49-17-18-50(37(57)36(49)56)41(60)46-32(28-15-16-30(61-24(2)53)31(19-28)62-25(3)54)35(55)47-43(44-22-52)39(59)51-33(29(20-64-40(43)51)21-65-42-48-45-23-66-42)38(58)63-34(26-11-7-5-8-12-26)27-13-9-6-10-14-27/h5-16,19,22-23,32,34,40H,4,17-18,20-21H2,1-3H3,(H,44,52)(H,46,60)(H,47,55)/t32?,40-,43+/m0/s1. The molecule has 7 rings (SSSR count). The van der Waals surface area contributed by atoms with Gasteiger partial charge in [-0.3, -0.25) is 43.4 Å². The van der Waals surface area contributed by atoms with Crippen LogP contribution >= 0.6 is 34.9 Å². The molecule has 2 saturated heterocycles. The minimum absolute atomic E-state index is 0.00555. The Morgan fingerprint density at radius 3 is 2.17 bits per heavy atom. The molecule has 3 aliphatic rings. The minimum atomic E-state index is -2.25. The number of nitrogens with one attached hydrogen (secondary N) is 3. The molecule has 0 bridgehead atoms. The summed E-state index contributed by atoms with van der Waals surface area (Å²) in [6.07, 6.45) is -0.718. The van der Waals surface area contributed by atoms with Gasteiger partial charge in [0, 0.05) is 45.0 Å². The molecule has 0 saturated carbocycles. The monoisotopic (exact) mass is 956 g/mol. The molecule has 342 valence electrons. The normalized spacial score (nSPS) is 18.5. The van der Waals surface area contributed by atoms with E-state index in [-0.39, 0.29) is 60.3 Å². The van der Waals surface area contributed by atoms with Crippen molar-refractivity contribution in [3.8, 4) is 11.5 Å². The van der Waals surface area contributed by atoms with E-state index in [2.05, 4.69) is 26.1 Å². The summed E-state index contributed by atoms with van der Waals surface area (Å²) in [5.74, 6) is -6.96. The maximum absolute atomic E-state index is 14.8. The number of urea groups is 1. The SMILES string of the molecule is CCN1CCN(C(=O)NC(C(=O)N[C@]2(NC=O)C(=O)N3C(C(=O)OC(c4ccccc4)c4ccccc4)=C(CSc4nncs4)CS[C@H]32)c2ccc(OC(C)=O)c(OC(C)=O)c2)C(=O)C1=O. The van der Waals surface area contributed by atoms with Crippen LogP contribution in [0.1, 0.15) is 49.6 Å². The number of amides is 7. The Bertz CT molecular complexity index is 2560. The number of rotatable bonds is 16. The lowest BCUT2D eigenvalue weighted by atomic mass is 9.94. The highest BCUT2D eigenvalue weighted by Gasteiger charge is 2.66. The molecule has 7 amide bonds. The first-order valence-electron chi connectivity index (χ1n) is 20.1. The van der Waals surface area contributed by atoms with Crippen LogP contribution in [0.4, 0.5) is 4.79 Å². The first-order chi connectivity index (χ1) is 31.8. The third-order valence-electron chi connectivity index (χ3n) is 10.4. The van der Waals surface area contributed by atoms with Gasteiger partial charge in [-0.15, -0.1) is 22.0 Å². The predicted molar refractivity (Wildman–Crippen MR) is 236 cm³/mol. The van der Waals surface area contributed by atoms with E-state index in [1.54, 1.807) is 61.0 Å². The van der Waals surface area contributed by atoms with Crippen molar-refractivity contribution in [2.75, 3.05) is 31.1 Å². The van der Waals surface area contributed by atoms with Gasteiger partial charge < -0.3 is 35.1 Å². The molecule has 4 heterocycles. The number of hydrogen-bond donors (Lipinski definition) is 3. The molecule has 3 aliphatic heterocycles. The Morgan fingerprint density at radius 2 is 1.56 bits per heavy atom. The average molecular weight is 957 g/mol. The third kappa shape index (κ3) is 9.77. The number of aromatic nitrogens is 2. The van der Waals surface area contributed by atoms with Crippen LogP contribution in [0.15, 0.2) is 100.0 Å². The van der Waals surface area contributed by atoms with Crippen LogP contribution in [-0.2, 0) is 43.1 Å². The van der Waals surface area contributed by atoms with Gasteiger partial charge in [0.15, 0.2) is 21.9 Å². The number of likely N-dealkylation sites (N-methyl/N-ethyl adjacent to an activating group) is 1. The number of esters is 3. The smallest absolute Gasteiger partial charge is 0.356 e. The molecular weight excluding hydrogens is 917 g/mol. The Morgan fingerprint density at radius 1 is 0.894 bits per heavy atom. The Kier molecular flexibility index (Phi) is 14.5. The van der Waals surface area contributed by atoms with Gasteiger partial charge in [0.05, 0.1) is 0 Å². The Balaban J connectivity index is 1.24. The van der Waals surface area contributed by atoms with Crippen molar-refractivity contribution in [3.05, 3.63) is 112 Å². The molecule has 66 heavy (non-hydrogen) atoms. The summed E-state index contributed by atoms with van der Waals surface area (Å²) in [4.78, 5) is 123. The van der Waals surface area contributed by atoms with E-state index in [4.69, 9.17) is 14.2 Å². The molecule has 23 heteroatoms. The lowest BCUT2D eigenvalue weighted by Gasteiger charge is -2.56. The molecule has 1 aromatic heterocycles. The Labute approximate surface area is 388 Å². The second-order valence-electron chi connectivity index (χ2n) is 14.6. The number of nitrogens with zero attached hydrogens (tertiary/aromatic N) is 5. The number of fused-ring (bicyclic) bond motifs is 1. The fourth-order valence-corrected chi connectivity index (χ4v) is 10.4. The molecular formula is C43H40N8O12S3. The topological polar surface area (TPSA) is 253 Å². The Hall–Kier alpha value is -7.11. The number of benzene rings is 3. The van der Waals surface area contributed by atoms with Crippen LogP contribution in [0.25, 0.3) is 0 Å². The summed E-state index contributed by atoms with van der Waals surface area (Å²) < 4.78 is 17.3. The van der Waals surface area contributed by atoms with Crippen molar-refractivity contribution in [1.82, 2.24) is 40.8 Å². The summed E-state index contributed by atoms with van der Waals surface area (Å²) in [6, 6.07) is 18.5. The van der Waals surface area contributed by atoms with E-state index in [0.29, 0.717) is 25.9 Å². The van der Waals surface area contributed by atoms with Crippen molar-refractivity contribution >= 4 is 88.8 Å². The predicted octanol–water partition coefficient (Wildman–Crippen LogP) is 2.68. The quantitative estimate of drug-likeness (QED) is 0.0278. The summed E-state index contributed by atoms with van der Waals surface area (Å²) >= 11 is 3.68. The maximum atomic E-state index is 14.8. The largest absolute Gasteiger partial charge is 0.448 e. The van der Waals surface area contributed by atoms with E-state index in [9.17, 15) is 43.2 Å². The highest BCUT2D eigenvalue weighted by molar-refractivity contribution is 8.01. The third-order valence-corrected chi connectivity index (χ3v) is 13.7. The molecule has 0 spiro atoms. The molecule has 20 nitrogen and oxygen atoms in total. The molecule has 3 N–H and O–H groups in total. The first kappa shape index (κ1) is 46.9. The van der Waals surface area contributed by atoms with Gasteiger partial charge in [-0.1, -0.05) is 89.8 Å². The maximum Gasteiger partial charge on any atom is 0.356 e. The number of carbonyl (C=O) groups excluding carboxylic acids is 9. The molecule has 0 radical (unpaired) electrons. The highest BCUT2D eigenvalue weighted by atomic mass is 32.2. The average Bonchev–Trinajstić information content (AvgIpc) is 3.84. The van der Waals surface area contributed by atoms with E-state index in [1.807, 2.05) is 12.1 Å². The molecule has 3 aromatic carbocycles. The van der Waals surface area contributed by atoms with Crippen LogP contribution in [0, 0.1) is 0 Å². The molecule has 2 fully saturated rings. The van der Waals surface area contributed by atoms with Gasteiger partial charge in [0.25, 0.3) is 5.91 Å². The van der Waals surface area contributed by atoms with E-state index in [0.717, 1.165) is 36.6 Å². The summed E-state index contributed by atoms with van der Waals surface area (Å²) in [7, 11) is 0. The molecule has 0 aliphatic carbocycles. The molecule has 1 unspecified atom stereocenters. The number of imide groups is 1. The van der Waals surface area contributed by atoms with E-state index in [1.165, 1.54) is 40.1 Å². The summed E-state index contributed by atoms with van der Waals surface area (Å²) in [5.41, 5.74) is 0.838. The van der Waals surface area contributed by atoms with Crippen molar-refractivity contribution in [3.63, 3.8) is 0 Å². The summed E-state index contributed by atoms with van der Waals surface area (Å²) in [5, 5.41) is 14.2. The fourth-order valence-electron chi connectivity index (χ4n) is 7.33.